The van der Waals surface area contributed by atoms with Crippen molar-refractivity contribution in [3.8, 4) is 67.5 Å². The van der Waals surface area contributed by atoms with E-state index in [-0.39, 0.29) is 0 Å². The molecule has 0 atom stereocenters. The molecule has 3 aromatic heterocycles. The highest BCUT2D eigenvalue weighted by Crippen LogP contribution is 2.40. The molecule has 0 saturated heterocycles. The monoisotopic (exact) mass is 747 g/mol. The zero-order valence-electron chi connectivity index (χ0n) is 32.1. The van der Waals surface area contributed by atoms with Crippen molar-refractivity contribution in [1.29, 1.82) is 0 Å². The van der Waals surface area contributed by atoms with Gasteiger partial charge in [0, 0.05) is 38.2 Å². The molecule has 0 radical (unpaired) electrons. The molecule has 0 aliphatic rings. The summed E-state index contributed by atoms with van der Waals surface area (Å²) in [5.41, 5.74) is 12.9. The first-order valence-electron chi connectivity index (χ1n) is 19.7. The maximum atomic E-state index is 6.47. The van der Waals surface area contributed by atoms with Crippen LogP contribution in [0.1, 0.15) is 13.8 Å². The summed E-state index contributed by atoms with van der Waals surface area (Å²) in [7, 11) is 0. The molecule has 58 heavy (non-hydrogen) atoms. The Labute approximate surface area is 335 Å². The molecule has 0 fully saturated rings. The van der Waals surface area contributed by atoms with Gasteiger partial charge in [0.25, 0.3) is 0 Å². The number of hydrogen-bond donors (Lipinski definition) is 0. The van der Waals surface area contributed by atoms with Gasteiger partial charge in [-0.2, -0.15) is 0 Å². The van der Waals surface area contributed by atoms with Crippen molar-refractivity contribution in [2.75, 3.05) is 0 Å². The fourth-order valence-electron chi connectivity index (χ4n) is 7.76. The van der Waals surface area contributed by atoms with Crippen LogP contribution >= 0.6 is 0 Å². The van der Waals surface area contributed by atoms with Crippen molar-refractivity contribution >= 4 is 43.9 Å². The second-order valence-corrected chi connectivity index (χ2v) is 14.0. The lowest BCUT2D eigenvalue weighted by atomic mass is 9.96. The molecule has 8 aromatic carbocycles. The molecule has 5 nitrogen and oxygen atoms in total. The number of aromatic nitrogens is 3. The van der Waals surface area contributed by atoms with Crippen molar-refractivity contribution in [2.45, 2.75) is 13.8 Å². The van der Waals surface area contributed by atoms with E-state index in [1.165, 1.54) is 0 Å². The van der Waals surface area contributed by atoms with Gasteiger partial charge in [-0.05, 0) is 75.8 Å². The molecule has 0 spiro atoms. The van der Waals surface area contributed by atoms with E-state index in [1.807, 2.05) is 74.5 Å². The molecule has 0 N–H and O–H groups in total. The fourth-order valence-corrected chi connectivity index (χ4v) is 7.76. The van der Waals surface area contributed by atoms with Crippen molar-refractivity contribution < 1.29 is 8.83 Å². The van der Waals surface area contributed by atoms with Crippen molar-refractivity contribution in [3.05, 3.63) is 188 Å². The Morgan fingerprint density at radius 3 is 1.43 bits per heavy atom. The minimum absolute atomic E-state index is 0.587. The molecule has 0 amide bonds. The summed E-state index contributed by atoms with van der Waals surface area (Å²) < 4.78 is 12.6. The lowest BCUT2D eigenvalue weighted by Gasteiger charge is -2.10. The predicted octanol–water partition coefficient (Wildman–Crippen LogP) is 14.7. The van der Waals surface area contributed by atoms with Gasteiger partial charge < -0.3 is 8.83 Å². The Morgan fingerprint density at radius 1 is 0.293 bits per heavy atom. The number of benzene rings is 8. The van der Waals surface area contributed by atoms with E-state index in [2.05, 4.69) is 127 Å². The smallest absolute Gasteiger partial charge is 0.164 e. The van der Waals surface area contributed by atoms with Crippen LogP contribution in [0, 0.1) is 0 Å². The van der Waals surface area contributed by atoms with Crippen molar-refractivity contribution in [3.63, 3.8) is 0 Å². The Kier molecular flexibility index (Phi) is 8.88. The number of hydrogen-bond acceptors (Lipinski definition) is 5. The van der Waals surface area contributed by atoms with Crippen molar-refractivity contribution in [2.24, 2.45) is 0 Å². The van der Waals surface area contributed by atoms with Gasteiger partial charge in [0.1, 0.15) is 22.3 Å². The van der Waals surface area contributed by atoms with Gasteiger partial charge in [0.2, 0.25) is 0 Å². The molecular weight excluding hydrogens is 711 g/mol. The van der Waals surface area contributed by atoms with Crippen LogP contribution in [0.4, 0.5) is 0 Å². The van der Waals surface area contributed by atoms with Gasteiger partial charge in [0.05, 0.1) is 0 Å². The molecule has 0 bridgehead atoms. The van der Waals surface area contributed by atoms with Crippen LogP contribution in [0.2, 0.25) is 0 Å². The topological polar surface area (TPSA) is 65.0 Å². The standard InChI is InChI=1S/C51H31N3O2.C2H6/c1-3-11-32(12-4-1)33-21-23-35(24-22-33)50-52-49(34-13-5-2-6-14-34)53-51(54-50)41-18-10-20-47-48(41)43-31-39(26-28-46(43)56-47)37-16-9-15-36(29-37)38-25-27-45-42(30-38)40-17-7-8-19-44(40)55-45;1-2/h1-31H;1-2H3. The average Bonchev–Trinajstić information content (AvgIpc) is 3.88. The molecule has 0 aliphatic heterocycles. The van der Waals surface area contributed by atoms with Gasteiger partial charge in [0.15, 0.2) is 17.5 Å². The zero-order valence-corrected chi connectivity index (χ0v) is 32.1. The first kappa shape index (κ1) is 34.8. The second-order valence-electron chi connectivity index (χ2n) is 14.0. The molecule has 0 aliphatic carbocycles. The van der Waals surface area contributed by atoms with Crippen LogP contribution in [0.15, 0.2) is 197 Å². The highest BCUT2D eigenvalue weighted by atomic mass is 16.3. The molecular formula is C53H37N3O2. The summed E-state index contributed by atoms with van der Waals surface area (Å²) >= 11 is 0. The predicted molar refractivity (Wildman–Crippen MR) is 238 cm³/mol. The Balaban J connectivity index is 0.00000201. The molecule has 3 heterocycles. The first-order chi connectivity index (χ1) is 28.7. The van der Waals surface area contributed by atoms with E-state index in [4.69, 9.17) is 23.8 Å². The van der Waals surface area contributed by atoms with Gasteiger partial charge in [-0.3, -0.25) is 0 Å². The zero-order chi connectivity index (χ0) is 39.0. The molecule has 5 heteroatoms. The van der Waals surface area contributed by atoms with Crippen molar-refractivity contribution in [1.82, 2.24) is 15.0 Å². The molecule has 0 saturated carbocycles. The SMILES string of the molecule is CC.c1ccc(-c2ccc(-c3nc(-c4ccccc4)nc(-c4cccc5oc6ccc(-c7cccc(-c8ccc9oc%10ccccc%10c9c8)c7)cc6c45)n3)cc2)cc1. The van der Waals surface area contributed by atoms with Crippen LogP contribution in [0.5, 0.6) is 0 Å². The van der Waals surface area contributed by atoms with E-state index in [9.17, 15) is 0 Å². The van der Waals surface area contributed by atoms with Crippen LogP contribution in [0.25, 0.3) is 111 Å². The highest BCUT2D eigenvalue weighted by molar-refractivity contribution is 6.13. The lowest BCUT2D eigenvalue weighted by Crippen LogP contribution is -2.00. The van der Waals surface area contributed by atoms with Gasteiger partial charge in [-0.25, -0.2) is 15.0 Å². The third-order valence-electron chi connectivity index (χ3n) is 10.6. The molecule has 0 unspecified atom stereocenters. The molecule has 276 valence electrons. The normalized spacial score (nSPS) is 11.3. The fraction of sp³-hybridized carbons (Fsp3) is 0.0377. The maximum Gasteiger partial charge on any atom is 0.164 e. The minimum Gasteiger partial charge on any atom is -0.456 e. The summed E-state index contributed by atoms with van der Waals surface area (Å²) in [4.78, 5) is 15.2. The summed E-state index contributed by atoms with van der Waals surface area (Å²) in [5.74, 6) is 1.81. The van der Waals surface area contributed by atoms with Gasteiger partial charge in [-0.1, -0.05) is 159 Å². The maximum absolute atomic E-state index is 6.47. The van der Waals surface area contributed by atoms with Crippen LogP contribution in [-0.2, 0) is 0 Å². The largest absolute Gasteiger partial charge is 0.456 e. The number of rotatable bonds is 6. The van der Waals surface area contributed by atoms with E-state index in [0.29, 0.717) is 17.5 Å². The van der Waals surface area contributed by atoms with E-state index in [1.54, 1.807) is 0 Å². The Hall–Kier alpha value is -7.63. The number of nitrogens with zero attached hydrogens (tertiary/aromatic N) is 3. The quantitative estimate of drug-likeness (QED) is 0.169. The average molecular weight is 748 g/mol. The second kappa shape index (κ2) is 14.8. The van der Waals surface area contributed by atoms with E-state index in [0.717, 1.165) is 93.9 Å². The van der Waals surface area contributed by atoms with E-state index >= 15 is 0 Å². The molecule has 11 rings (SSSR count). The van der Waals surface area contributed by atoms with Crippen LogP contribution in [-0.4, -0.2) is 15.0 Å². The first-order valence-corrected chi connectivity index (χ1v) is 19.7. The third kappa shape index (κ3) is 6.29. The third-order valence-corrected chi connectivity index (χ3v) is 10.6. The number of fused-ring (bicyclic) bond motifs is 6. The van der Waals surface area contributed by atoms with Crippen LogP contribution < -0.4 is 0 Å². The summed E-state index contributed by atoms with van der Waals surface area (Å²) in [6.07, 6.45) is 0. The summed E-state index contributed by atoms with van der Waals surface area (Å²) in [5, 5.41) is 4.20. The summed E-state index contributed by atoms with van der Waals surface area (Å²) in [6, 6.07) is 64.7. The highest BCUT2D eigenvalue weighted by Gasteiger charge is 2.19. The van der Waals surface area contributed by atoms with E-state index < -0.39 is 0 Å². The summed E-state index contributed by atoms with van der Waals surface area (Å²) in [6.45, 7) is 4.00. The minimum atomic E-state index is 0.587. The van der Waals surface area contributed by atoms with Crippen LogP contribution in [0.3, 0.4) is 0 Å². The number of para-hydroxylation sites is 1. The Morgan fingerprint density at radius 2 is 0.724 bits per heavy atom. The van der Waals surface area contributed by atoms with Gasteiger partial charge >= 0.3 is 0 Å². The Bertz CT molecular complexity index is 3240. The molecule has 11 aromatic rings. The van der Waals surface area contributed by atoms with Gasteiger partial charge in [-0.15, -0.1) is 0 Å². The lowest BCUT2D eigenvalue weighted by molar-refractivity contribution is 0.668. The number of furan rings is 2.